The van der Waals surface area contributed by atoms with E-state index in [1.807, 2.05) is 6.07 Å². The first-order valence-electron chi connectivity index (χ1n) is 6.73. The van der Waals surface area contributed by atoms with Crippen molar-refractivity contribution < 1.29 is 19.1 Å². The molecule has 0 unspecified atom stereocenters. The Morgan fingerprint density at radius 1 is 1.17 bits per heavy atom. The number of methoxy groups -OCH3 is 1. The van der Waals surface area contributed by atoms with Crippen LogP contribution in [0.2, 0.25) is 0 Å². The van der Waals surface area contributed by atoms with Gasteiger partial charge >= 0.3 is 5.97 Å². The highest BCUT2D eigenvalue weighted by Gasteiger charge is 2.11. The summed E-state index contributed by atoms with van der Waals surface area (Å²) >= 11 is 0. The van der Waals surface area contributed by atoms with Crippen molar-refractivity contribution in [1.29, 1.82) is 5.26 Å². The molecule has 1 amide bonds. The van der Waals surface area contributed by atoms with E-state index in [9.17, 15) is 9.59 Å². The second-order valence-electron chi connectivity index (χ2n) is 4.55. The first-order chi connectivity index (χ1) is 11.1. The van der Waals surface area contributed by atoms with E-state index in [-0.39, 0.29) is 5.56 Å². The average molecular weight is 310 g/mol. The standard InChI is InChI=1S/C17H14N2O4/c1-22-15-7-5-14(6-8-15)19-16(20)11-23-17(21)13-4-2-3-12(9-13)10-18/h2-9H,11H2,1H3,(H,19,20). The maximum atomic E-state index is 11.8. The number of hydrogen-bond donors (Lipinski definition) is 1. The lowest BCUT2D eigenvalue weighted by Crippen LogP contribution is -2.20. The van der Waals surface area contributed by atoms with Crippen LogP contribution < -0.4 is 10.1 Å². The highest BCUT2D eigenvalue weighted by Crippen LogP contribution is 2.14. The number of carbonyl (C=O) groups is 2. The maximum Gasteiger partial charge on any atom is 0.338 e. The Morgan fingerprint density at radius 3 is 2.57 bits per heavy atom. The van der Waals surface area contributed by atoms with Crippen LogP contribution in [0.5, 0.6) is 5.75 Å². The molecule has 0 saturated carbocycles. The second kappa shape index (κ2) is 7.61. The van der Waals surface area contributed by atoms with Crippen LogP contribution in [-0.2, 0) is 9.53 Å². The van der Waals surface area contributed by atoms with Crippen LogP contribution in [0, 0.1) is 11.3 Å². The van der Waals surface area contributed by atoms with Crippen LogP contribution in [0.4, 0.5) is 5.69 Å². The van der Waals surface area contributed by atoms with Crippen LogP contribution in [0.15, 0.2) is 48.5 Å². The van der Waals surface area contributed by atoms with Crippen molar-refractivity contribution in [2.45, 2.75) is 0 Å². The van der Waals surface area contributed by atoms with E-state index in [0.717, 1.165) is 0 Å². The molecular weight excluding hydrogens is 296 g/mol. The first kappa shape index (κ1) is 16.0. The Labute approximate surface area is 133 Å². The SMILES string of the molecule is COc1ccc(NC(=O)COC(=O)c2cccc(C#N)c2)cc1. The minimum atomic E-state index is -0.660. The van der Waals surface area contributed by atoms with E-state index < -0.39 is 18.5 Å². The minimum Gasteiger partial charge on any atom is -0.497 e. The highest BCUT2D eigenvalue weighted by atomic mass is 16.5. The third-order valence-corrected chi connectivity index (χ3v) is 2.94. The smallest absolute Gasteiger partial charge is 0.338 e. The number of rotatable bonds is 5. The molecule has 6 nitrogen and oxygen atoms in total. The topological polar surface area (TPSA) is 88.4 Å². The maximum absolute atomic E-state index is 11.8. The summed E-state index contributed by atoms with van der Waals surface area (Å²) in [6.07, 6.45) is 0. The van der Waals surface area contributed by atoms with Crippen molar-refractivity contribution in [2.24, 2.45) is 0 Å². The zero-order chi connectivity index (χ0) is 16.7. The van der Waals surface area contributed by atoms with Gasteiger partial charge in [-0.25, -0.2) is 4.79 Å². The van der Waals surface area contributed by atoms with Crippen LogP contribution in [-0.4, -0.2) is 25.6 Å². The molecule has 0 heterocycles. The van der Waals surface area contributed by atoms with Gasteiger partial charge in [0.1, 0.15) is 5.75 Å². The van der Waals surface area contributed by atoms with Gasteiger partial charge < -0.3 is 14.8 Å². The van der Waals surface area contributed by atoms with Crippen LogP contribution in [0.3, 0.4) is 0 Å². The van der Waals surface area contributed by atoms with Crippen molar-refractivity contribution in [3.8, 4) is 11.8 Å². The predicted molar refractivity (Wildman–Crippen MR) is 83.1 cm³/mol. The van der Waals surface area contributed by atoms with Gasteiger partial charge in [-0.15, -0.1) is 0 Å². The zero-order valence-corrected chi connectivity index (χ0v) is 12.4. The zero-order valence-electron chi connectivity index (χ0n) is 12.4. The molecule has 0 aromatic heterocycles. The lowest BCUT2D eigenvalue weighted by atomic mass is 10.1. The van der Waals surface area contributed by atoms with Gasteiger partial charge in [0, 0.05) is 5.69 Å². The number of benzene rings is 2. The van der Waals surface area contributed by atoms with Crippen LogP contribution >= 0.6 is 0 Å². The fraction of sp³-hybridized carbons (Fsp3) is 0.118. The molecule has 0 saturated heterocycles. The number of nitriles is 1. The lowest BCUT2D eigenvalue weighted by molar-refractivity contribution is -0.119. The van der Waals surface area contributed by atoms with Gasteiger partial charge in [0.2, 0.25) is 0 Å². The third kappa shape index (κ3) is 4.58. The summed E-state index contributed by atoms with van der Waals surface area (Å²) < 4.78 is 9.94. The summed E-state index contributed by atoms with van der Waals surface area (Å²) in [5, 5.41) is 11.4. The number of ether oxygens (including phenoxy) is 2. The Bertz CT molecular complexity index is 748. The van der Waals surface area contributed by atoms with Gasteiger partial charge in [-0.1, -0.05) is 6.07 Å². The largest absolute Gasteiger partial charge is 0.497 e. The predicted octanol–water partition coefficient (Wildman–Crippen LogP) is 2.36. The van der Waals surface area contributed by atoms with Gasteiger partial charge in [0.25, 0.3) is 5.91 Å². The molecule has 0 fully saturated rings. The minimum absolute atomic E-state index is 0.223. The highest BCUT2D eigenvalue weighted by molar-refractivity contribution is 5.95. The number of nitrogens with zero attached hydrogens (tertiary/aromatic N) is 1. The van der Waals surface area contributed by atoms with Gasteiger partial charge in [0.15, 0.2) is 6.61 Å². The molecule has 2 rings (SSSR count). The molecule has 1 N–H and O–H groups in total. The number of hydrogen-bond acceptors (Lipinski definition) is 5. The Morgan fingerprint density at radius 2 is 1.91 bits per heavy atom. The fourth-order valence-corrected chi connectivity index (χ4v) is 1.80. The van der Waals surface area contributed by atoms with Gasteiger partial charge in [-0.3, -0.25) is 4.79 Å². The quantitative estimate of drug-likeness (QED) is 0.856. The molecule has 116 valence electrons. The van der Waals surface area contributed by atoms with Crippen LogP contribution in [0.1, 0.15) is 15.9 Å². The summed E-state index contributed by atoms with van der Waals surface area (Å²) in [5.41, 5.74) is 1.14. The Balaban J connectivity index is 1.88. The molecule has 0 aliphatic carbocycles. The molecule has 2 aromatic rings. The molecule has 2 aromatic carbocycles. The molecule has 0 bridgehead atoms. The van der Waals surface area contributed by atoms with Crippen LogP contribution in [0.25, 0.3) is 0 Å². The van der Waals surface area contributed by atoms with Crippen molar-refractivity contribution >= 4 is 17.6 Å². The summed E-state index contributed by atoms with van der Waals surface area (Å²) in [7, 11) is 1.55. The second-order valence-corrected chi connectivity index (χ2v) is 4.55. The summed E-state index contributed by atoms with van der Waals surface area (Å²) in [5.74, 6) is -0.446. The molecule has 0 radical (unpaired) electrons. The third-order valence-electron chi connectivity index (χ3n) is 2.94. The summed E-state index contributed by atoms with van der Waals surface area (Å²) in [4.78, 5) is 23.6. The van der Waals surface area contributed by atoms with Crippen molar-refractivity contribution in [3.63, 3.8) is 0 Å². The van der Waals surface area contributed by atoms with E-state index in [0.29, 0.717) is 17.0 Å². The number of amides is 1. The molecule has 0 atom stereocenters. The number of carbonyl (C=O) groups excluding carboxylic acids is 2. The van der Waals surface area contributed by atoms with E-state index in [2.05, 4.69) is 5.32 Å². The summed E-state index contributed by atoms with van der Waals surface area (Å²) in [6.45, 7) is -0.415. The van der Waals surface area contributed by atoms with Crippen molar-refractivity contribution in [1.82, 2.24) is 0 Å². The van der Waals surface area contributed by atoms with E-state index in [1.54, 1.807) is 43.5 Å². The number of anilines is 1. The van der Waals surface area contributed by atoms with E-state index >= 15 is 0 Å². The molecule has 0 spiro atoms. The summed E-state index contributed by atoms with van der Waals surface area (Å²) in [6, 6.07) is 14.8. The monoisotopic (exact) mass is 310 g/mol. The number of esters is 1. The Kier molecular flexibility index (Phi) is 5.31. The molecule has 23 heavy (non-hydrogen) atoms. The molecule has 0 aliphatic rings. The lowest BCUT2D eigenvalue weighted by Gasteiger charge is -2.07. The van der Waals surface area contributed by atoms with Gasteiger partial charge in [-0.2, -0.15) is 5.26 Å². The van der Waals surface area contributed by atoms with Crippen molar-refractivity contribution in [3.05, 3.63) is 59.7 Å². The molecular formula is C17H14N2O4. The van der Waals surface area contributed by atoms with E-state index in [1.165, 1.54) is 12.1 Å². The fourth-order valence-electron chi connectivity index (χ4n) is 1.80. The Hall–Kier alpha value is -3.33. The average Bonchev–Trinajstić information content (AvgIpc) is 2.60. The molecule has 6 heteroatoms. The van der Waals surface area contributed by atoms with Gasteiger partial charge in [-0.05, 0) is 42.5 Å². The first-order valence-corrected chi connectivity index (χ1v) is 6.73. The van der Waals surface area contributed by atoms with Gasteiger partial charge in [0.05, 0.1) is 24.3 Å². The van der Waals surface area contributed by atoms with Crippen molar-refractivity contribution in [2.75, 3.05) is 19.0 Å². The van der Waals surface area contributed by atoms with E-state index in [4.69, 9.17) is 14.7 Å². The normalized spacial score (nSPS) is 9.57. The molecule has 0 aliphatic heterocycles. The number of nitrogens with one attached hydrogen (secondary N) is 1.